The summed E-state index contributed by atoms with van der Waals surface area (Å²) in [5.74, 6) is 0. The van der Waals surface area contributed by atoms with Crippen LogP contribution in [0.1, 0.15) is 18.7 Å². The Morgan fingerprint density at radius 2 is 1.53 bits per heavy atom. The summed E-state index contributed by atoms with van der Waals surface area (Å²) in [5.41, 5.74) is 1.91. The SMILES string of the molecule is CCC(Sc1ccccc1)n1nc2ccccc2n1. The first kappa shape index (κ1) is 12.2. The topological polar surface area (TPSA) is 30.7 Å². The molecular formula is C15H15N3S. The molecule has 1 heterocycles. The van der Waals surface area contributed by atoms with Gasteiger partial charge >= 0.3 is 0 Å². The maximum Gasteiger partial charge on any atom is 0.121 e. The maximum atomic E-state index is 4.56. The van der Waals surface area contributed by atoms with Crippen LogP contribution in [-0.4, -0.2) is 15.0 Å². The van der Waals surface area contributed by atoms with Gasteiger partial charge in [0.05, 0.1) is 0 Å². The zero-order chi connectivity index (χ0) is 13.1. The average molecular weight is 269 g/mol. The van der Waals surface area contributed by atoms with E-state index in [1.165, 1.54) is 4.90 Å². The molecule has 0 saturated heterocycles. The molecule has 1 aromatic heterocycles. The van der Waals surface area contributed by atoms with Gasteiger partial charge in [0.2, 0.25) is 0 Å². The van der Waals surface area contributed by atoms with Crippen molar-refractivity contribution in [2.75, 3.05) is 0 Å². The maximum absolute atomic E-state index is 4.56. The van der Waals surface area contributed by atoms with Crippen LogP contribution >= 0.6 is 11.8 Å². The van der Waals surface area contributed by atoms with Crippen molar-refractivity contribution >= 4 is 22.8 Å². The molecule has 0 aliphatic heterocycles. The van der Waals surface area contributed by atoms with Crippen LogP contribution in [0.2, 0.25) is 0 Å². The number of rotatable bonds is 4. The number of benzene rings is 2. The normalized spacial score (nSPS) is 12.7. The van der Waals surface area contributed by atoms with E-state index in [9.17, 15) is 0 Å². The fraction of sp³-hybridized carbons (Fsp3) is 0.200. The monoisotopic (exact) mass is 269 g/mol. The Labute approximate surface area is 116 Å². The van der Waals surface area contributed by atoms with Gasteiger partial charge in [0.1, 0.15) is 16.4 Å². The molecule has 3 aromatic rings. The van der Waals surface area contributed by atoms with Crippen molar-refractivity contribution in [3.05, 3.63) is 54.6 Å². The predicted octanol–water partition coefficient (Wildman–Crippen LogP) is 4.13. The minimum atomic E-state index is 0.231. The van der Waals surface area contributed by atoms with Crippen LogP contribution in [-0.2, 0) is 0 Å². The Balaban J connectivity index is 1.89. The highest BCUT2D eigenvalue weighted by atomic mass is 32.2. The fourth-order valence-electron chi connectivity index (χ4n) is 1.96. The van der Waals surface area contributed by atoms with Gasteiger partial charge in [-0.3, -0.25) is 0 Å². The van der Waals surface area contributed by atoms with Crippen molar-refractivity contribution in [1.82, 2.24) is 15.0 Å². The van der Waals surface area contributed by atoms with E-state index in [0.29, 0.717) is 0 Å². The molecule has 96 valence electrons. The Morgan fingerprint density at radius 1 is 0.947 bits per heavy atom. The molecule has 0 N–H and O–H groups in total. The summed E-state index contributed by atoms with van der Waals surface area (Å²) in [6, 6.07) is 18.4. The van der Waals surface area contributed by atoms with Crippen molar-refractivity contribution in [2.24, 2.45) is 0 Å². The number of hydrogen-bond donors (Lipinski definition) is 0. The summed E-state index contributed by atoms with van der Waals surface area (Å²) >= 11 is 1.80. The van der Waals surface area contributed by atoms with Crippen molar-refractivity contribution in [1.29, 1.82) is 0 Å². The first-order valence-corrected chi connectivity index (χ1v) is 7.28. The minimum absolute atomic E-state index is 0.231. The molecule has 0 spiro atoms. The van der Waals surface area contributed by atoms with Crippen LogP contribution in [0.15, 0.2) is 59.5 Å². The first-order chi connectivity index (χ1) is 9.36. The molecule has 0 amide bonds. The van der Waals surface area contributed by atoms with E-state index < -0.39 is 0 Å². The van der Waals surface area contributed by atoms with Gasteiger partial charge in [-0.15, -0.1) is 0 Å². The minimum Gasteiger partial charge on any atom is -0.170 e. The highest BCUT2D eigenvalue weighted by Gasteiger charge is 2.13. The summed E-state index contributed by atoms with van der Waals surface area (Å²) in [5, 5.41) is 9.36. The van der Waals surface area contributed by atoms with Crippen LogP contribution in [0.3, 0.4) is 0 Å². The number of thioether (sulfide) groups is 1. The summed E-state index contributed by atoms with van der Waals surface area (Å²) in [7, 11) is 0. The van der Waals surface area contributed by atoms with Gasteiger partial charge in [-0.2, -0.15) is 15.0 Å². The van der Waals surface area contributed by atoms with Crippen molar-refractivity contribution in [3.8, 4) is 0 Å². The van der Waals surface area contributed by atoms with E-state index in [2.05, 4.69) is 41.4 Å². The average Bonchev–Trinajstić information content (AvgIpc) is 2.89. The van der Waals surface area contributed by atoms with Crippen LogP contribution in [0.4, 0.5) is 0 Å². The van der Waals surface area contributed by atoms with Crippen molar-refractivity contribution in [3.63, 3.8) is 0 Å². The zero-order valence-corrected chi connectivity index (χ0v) is 11.5. The standard InChI is InChI=1S/C15H15N3S/c1-2-15(19-12-8-4-3-5-9-12)18-16-13-10-6-7-11-14(13)17-18/h3-11,15H,2H2,1H3. The van der Waals surface area contributed by atoms with Gasteiger partial charge < -0.3 is 0 Å². The molecule has 0 fully saturated rings. The lowest BCUT2D eigenvalue weighted by molar-refractivity contribution is 0.520. The van der Waals surface area contributed by atoms with Gasteiger partial charge in [0.25, 0.3) is 0 Å². The lowest BCUT2D eigenvalue weighted by atomic mass is 10.3. The lowest BCUT2D eigenvalue weighted by Gasteiger charge is -2.13. The summed E-state index contributed by atoms with van der Waals surface area (Å²) in [6.07, 6.45) is 0.987. The number of aromatic nitrogens is 3. The van der Waals surface area contributed by atoms with Gasteiger partial charge in [-0.05, 0) is 30.7 Å². The Kier molecular flexibility index (Phi) is 3.51. The third-order valence-corrected chi connectivity index (χ3v) is 4.26. The quantitative estimate of drug-likeness (QED) is 0.667. The van der Waals surface area contributed by atoms with Crippen molar-refractivity contribution < 1.29 is 0 Å². The molecule has 0 aliphatic rings. The van der Waals surface area contributed by atoms with Crippen LogP contribution in [0.5, 0.6) is 0 Å². The molecule has 0 radical (unpaired) electrons. The molecule has 19 heavy (non-hydrogen) atoms. The Hall–Kier alpha value is -1.81. The van der Waals surface area contributed by atoms with E-state index >= 15 is 0 Å². The Morgan fingerprint density at radius 3 is 2.11 bits per heavy atom. The third-order valence-electron chi connectivity index (χ3n) is 2.92. The highest BCUT2D eigenvalue weighted by molar-refractivity contribution is 7.99. The summed E-state index contributed by atoms with van der Waals surface area (Å²) in [4.78, 5) is 3.08. The molecular weight excluding hydrogens is 254 g/mol. The smallest absolute Gasteiger partial charge is 0.121 e. The first-order valence-electron chi connectivity index (χ1n) is 6.40. The van der Waals surface area contributed by atoms with Gasteiger partial charge in [-0.25, -0.2) is 0 Å². The molecule has 0 saturated carbocycles. The van der Waals surface area contributed by atoms with Crippen molar-refractivity contribution in [2.45, 2.75) is 23.6 Å². The van der Waals surface area contributed by atoms with Gasteiger partial charge in [0, 0.05) is 4.90 Å². The molecule has 3 nitrogen and oxygen atoms in total. The molecule has 1 unspecified atom stereocenters. The third kappa shape index (κ3) is 2.63. The molecule has 2 aromatic carbocycles. The Bertz CT molecular complexity index is 630. The molecule has 3 rings (SSSR count). The zero-order valence-electron chi connectivity index (χ0n) is 10.7. The number of fused-ring (bicyclic) bond motifs is 1. The molecule has 0 aliphatic carbocycles. The summed E-state index contributed by atoms with van der Waals surface area (Å²) < 4.78 is 0. The van der Waals surface area contributed by atoms with Crippen LogP contribution in [0.25, 0.3) is 11.0 Å². The van der Waals surface area contributed by atoms with E-state index in [4.69, 9.17) is 0 Å². The molecule has 4 heteroatoms. The second kappa shape index (κ2) is 5.45. The lowest BCUT2D eigenvalue weighted by Crippen LogP contribution is -2.07. The van der Waals surface area contributed by atoms with E-state index in [-0.39, 0.29) is 5.37 Å². The van der Waals surface area contributed by atoms with Gasteiger partial charge in [-0.1, -0.05) is 49.0 Å². The van der Waals surface area contributed by atoms with Crippen LogP contribution < -0.4 is 0 Å². The second-order valence-electron chi connectivity index (χ2n) is 4.30. The molecule has 0 bridgehead atoms. The highest BCUT2D eigenvalue weighted by Crippen LogP contribution is 2.32. The van der Waals surface area contributed by atoms with E-state index in [1.807, 2.05) is 35.1 Å². The summed E-state index contributed by atoms with van der Waals surface area (Å²) in [6.45, 7) is 2.16. The van der Waals surface area contributed by atoms with Crippen LogP contribution in [0, 0.1) is 0 Å². The predicted molar refractivity (Wildman–Crippen MR) is 79.2 cm³/mol. The fourth-order valence-corrected chi connectivity index (χ4v) is 2.94. The second-order valence-corrected chi connectivity index (χ2v) is 5.55. The molecule has 1 atom stereocenters. The van der Waals surface area contributed by atoms with E-state index in [1.54, 1.807) is 11.8 Å². The largest absolute Gasteiger partial charge is 0.170 e. The number of hydrogen-bond acceptors (Lipinski definition) is 3. The van der Waals surface area contributed by atoms with Gasteiger partial charge in [0.15, 0.2) is 0 Å². The van der Waals surface area contributed by atoms with E-state index in [0.717, 1.165) is 17.5 Å². The number of nitrogens with zero attached hydrogens (tertiary/aromatic N) is 3.